The zero-order valence-corrected chi connectivity index (χ0v) is 14.2. The first-order chi connectivity index (χ1) is 11.4. The van der Waals surface area contributed by atoms with Crippen LogP contribution in [0.4, 0.5) is 0 Å². The van der Waals surface area contributed by atoms with Gasteiger partial charge in [-0.15, -0.1) is 0 Å². The van der Waals surface area contributed by atoms with E-state index in [0.717, 1.165) is 6.04 Å². The van der Waals surface area contributed by atoms with Crippen LogP contribution in [-0.4, -0.2) is 32.2 Å². The van der Waals surface area contributed by atoms with Crippen LogP contribution in [0.15, 0.2) is 42.5 Å². The molecule has 0 radical (unpaired) electrons. The van der Waals surface area contributed by atoms with Gasteiger partial charge in [-0.3, -0.25) is 0 Å². The molecule has 2 heterocycles. The Labute approximate surface area is 140 Å². The van der Waals surface area contributed by atoms with Gasteiger partial charge in [0.05, 0.1) is 32.2 Å². The molecule has 0 spiro atoms. The second kappa shape index (κ2) is 7.02. The monoisotopic (exact) mass is 310 g/mol. The number of nitrogens with one attached hydrogen (secondary N) is 2. The van der Waals surface area contributed by atoms with Crippen molar-refractivity contribution in [2.75, 3.05) is 26.2 Å². The lowest BCUT2D eigenvalue weighted by Crippen LogP contribution is -3.20. The Morgan fingerprint density at radius 3 is 2.30 bits per heavy atom. The summed E-state index contributed by atoms with van der Waals surface area (Å²) in [7, 11) is 0. The van der Waals surface area contributed by atoms with Gasteiger partial charge < -0.3 is 9.80 Å². The van der Waals surface area contributed by atoms with Crippen LogP contribution in [0.25, 0.3) is 10.8 Å². The fourth-order valence-corrected chi connectivity index (χ4v) is 4.66. The van der Waals surface area contributed by atoms with Crippen molar-refractivity contribution in [3.05, 3.63) is 48.0 Å². The number of hydrogen-bond acceptors (Lipinski definition) is 0. The van der Waals surface area contributed by atoms with Gasteiger partial charge in [0.1, 0.15) is 6.54 Å². The largest absolute Gasteiger partial charge is 0.332 e. The molecule has 0 aromatic heterocycles. The van der Waals surface area contributed by atoms with Crippen LogP contribution in [0.1, 0.15) is 37.7 Å². The lowest BCUT2D eigenvalue weighted by atomic mass is 9.99. The third-order valence-electron chi connectivity index (χ3n) is 6.03. The zero-order chi connectivity index (χ0) is 15.5. The summed E-state index contributed by atoms with van der Waals surface area (Å²) in [5, 5.41) is 2.75. The molecule has 122 valence electrons. The van der Waals surface area contributed by atoms with E-state index < -0.39 is 0 Å². The topological polar surface area (TPSA) is 8.88 Å². The van der Waals surface area contributed by atoms with Crippen LogP contribution in [0.2, 0.25) is 0 Å². The number of benzene rings is 2. The van der Waals surface area contributed by atoms with E-state index in [2.05, 4.69) is 42.5 Å². The highest BCUT2D eigenvalue weighted by atomic mass is 15.2. The summed E-state index contributed by atoms with van der Waals surface area (Å²) in [5.74, 6) is 0. The first-order valence-corrected chi connectivity index (χ1v) is 9.54. The molecular weight excluding hydrogens is 280 g/mol. The first-order valence-electron chi connectivity index (χ1n) is 9.54. The second-order valence-electron chi connectivity index (χ2n) is 7.60. The van der Waals surface area contributed by atoms with Crippen LogP contribution in [0.5, 0.6) is 0 Å². The number of hydrogen-bond donors (Lipinski definition) is 2. The van der Waals surface area contributed by atoms with Gasteiger partial charge in [-0.05, 0) is 36.1 Å². The molecule has 0 amide bonds. The number of quaternary nitrogens is 2. The Morgan fingerprint density at radius 2 is 1.52 bits per heavy atom. The van der Waals surface area contributed by atoms with Crippen LogP contribution in [-0.2, 0) is 6.54 Å². The standard InChI is InChI=1S/C21H28N2/c1-4-12-23(13-5-1)21-10-14-22(15-11-21)17-18-8-9-19-6-2-3-7-20(19)16-18/h2-3,6-9,16,21H,1,4-5,10-15,17H2/p+2. The molecular formula is C21H30N2+2. The SMILES string of the molecule is c1ccc2cc(C[NH+]3CCC([NH+]4CCCCC4)CC3)ccc2c1. The average molecular weight is 310 g/mol. The predicted molar refractivity (Wildman–Crippen MR) is 95.9 cm³/mol. The summed E-state index contributed by atoms with van der Waals surface area (Å²) in [6.07, 6.45) is 7.24. The van der Waals surface area contributed by atoms with E-state index in [1.54, 1.807) is 4.90 Å². The molecule has 4 rings (SSSR count). The zero-order valence-electron chi connectivity index (χ0n) is 14.2. The van der Waals surface area contributed by atoms with Crippen LogP contribution < -0.4 is 9.80 Å². The maximum Gasteiger partial charge on any atom is 0.103 e. The van der Waals surface area contributed by atoms with Crippen molar-refractivity contribution in [2.45, 2.75) is 44.7 Å². The summed E-state index contributed by atoms with van der Waals surface area (Å²) in [5.41, 5.74) is 1.50. The number of fused-ring (bicyclic) bond motifs is 1. The van der Waals surface area contributed by atoms with Gasteiger partial charge in [0.2, 0.25) is 0 Å². The van der Waals surface area contributed by atoms with Gasteiger partial charge in [0, 0.05) is 18.4 Å². The van der Waals surface area contributed by atoms with Crippen LogP contribution >= 0.6 is 0 Å². The number of piperidine rings is 2. The Balaban J connectivity index is 1.34. The molecule has 23 heavy (non-hydrogen) atoms. The number of likely N-dealkylation sites (tertiary alicyclic amines) is 2. The molecule has 2 nitrogen and oxygen atoms in total. The van der Waals surface area contributed by atoms with E-state index in [4.69, 9.17) is 0 Å². The molecule has 2 N–H and O–H groups in total. The third kappa shape index (κ3) is 3.59. The fourth-order valence-electron chi connectivity index (χ4n) is 4.66. The van der Waals surface area contributed by atoms with E-state index in [-0.39, 0.29) is 0 Å². The Kier molecular flexibility index (Phi) is 4.63. The van der Waals surface area contributed by atoms with E-state index in [1.807, 2.05) is 4.90 Å². The van der Waals surface area contributed by atoms with Crippen molar-refractivity contribution in [2.24, 2.45) is 0 Å². The molecule has 0 atom stereocenters. The molecule has 2 fully saturated rings. The molecule has 0 saturated carbocycles. The molecule has 2 heteroatoms. The minimum Gasteiger partial charge on any atom is -0.332 e. The average Bonchev–Trinajstić information content (AvgIpc) is 2.63. The minimum absolute atomic E-state index is 0.954. The predicted octanol–water partition coefficient (Wildman–Crippen LogP) is 1.46. The molecule has 2 aliphatic rings. The van der Waals surface area contributed by atoms with E-state index in [9.17, 15) is 0 Å². The van der Waals surface area contributed by atoms with Gasteiger partial charge in [-0.1, -0.05) is 36.4 Å². The Morgan fingerprint density at radius 1 is 0.783 bits per heavy atom. The Hall–Kier alpha value is -1.38. The molecule has 2 aromatic carbocycles. The van der Waals surface area contributed by atoms with Crippen LogP contribution in [0.3, 0.4) is 0 Å². The minimum atomic E-state index is 0.954. The highest BCUT2D eigenvalue weighted by molar-refractivity contribution is 5.82. The van der Waals surface area contributed by atoms with Crippen LogP contribution in [0, 0.1) is 0 Å². The summed E-state index contributed by atoms with van der Waals surface area (Å²) < 4.78 is 0. The fraction of sp³-hybridized carbons (Fsp3) is 0.524. The van der Waals surface area contributed by atoms with E-state index >= 15 is 0 Å². The van der Waals surface area contributed by atoms with Crippen molar-refractivity contribution in [3.63, 3.8) is 0 Å². The molecule has 0 aliphatic carbocycles. The maximum absolute atomic E-state index is 2.39. The van der Waals surface area contributed by atoms with Gasteiger partial charge >= 0.3 is 0 Å². The van der Waals surface area contributed by atoms with Crippen molar-refractivity contribution in [1.29, 1.82) is 0 Å². The van der Waals surface area contributed by atoms with Crippen molar-refractivity contribution in [3.8, 4) is 0 Å². The highest BCUT2D eigenvalue weighted by Gasteiger charge is 2.30. The van der Waals surface area contributed by atoms with Gasteiger partial charge in [-0.2, -0.15) is 0 Å². The van der Waals surface area contributed by atoms with Gasteiger partial charge in [0.15, 0.2) is 0 Å². The maximum atomic E-state index is 2.39. The van der Waals surface area contributed by atoms with E-state index in [0.29, 0.717) is 0 Å². The first kappa shape index (κ1) is 15.2. The highest BCUT2D eigenvalue weighted by Crippen LogP contribution is 2.15. The molecule has 2 aromatic rings. The van der Waals surface area contributed by atoms with Crippen molar-refractivity contribution in [1.82, 2.24) is 0 Å². The normalized spacial score (nSPS) is 26.4. The second-order valence-corrected chi connectivity index (χ2v) is 7.60. The lowest BCUT2D eigenvalue weighted by Gasteiger charge is -2.36. The molecule has 0 unspecified atom stereocenters. The summed E-state index contributed by atoms with van der Waals surface area (Å²) in [6, 6.07) is 16.7. The summed E-state index contributed by atoms with van der Waals surface area (Å²) in [4.78, 5) is 3.70. The quantitative estimate of drug-likeness (QED) is 0.849. The third-order valence-corrected chi connectivity index (χ3v) is 6.03. The lowest BCUT2D eigenvalue weighted by molar-refractivity contribution is -0.965. The molecule has 2 aliphatic heterocycles. The Bertz CT molecular complexity index is 637. The molecule has 2 saturated heterocycles. The smallest absolute Gasteiger partial charge is 0.103 e. The summed E-state index contributed by atoms with van der Waals surface area (Å²) >= 11 is 0. The van der Waals surface area contributed by atoms with Gasteiger partial charge in [0.25, 0.3) is 0 Å². The molecule has 0 bridgehead atoms. The number of rotatable bonds is 3. The van der Waals surface area contributed by atoms with Gasteiger partial charge in [-0.25, -0.2) is 0 Å². The van der Waals surface area contributed by atoms with Crippen molar-refractivity contribution >= 4 is 10.8 Å². The van der Waals surface area contributed by atoms with E-state index in [1.165, 1.54) is 81.2 Å². The van der Waals surface area contributed by atoms with Crippen molar-refractivity contribution < 1.29 is 9.80 Å². The summed E-state index contributed by atoms with van der Waals surface area (Å²) in [6.45, 7) is 6.80.